The van der Waals surface area contributed by atoms with Gasteiger partial charge in [0, 0.05) is 35.8 Å². The first-order valence-corrected chi connectivity index (χ1v) is 9.62. The third-order valence-corrected chi connectivity index (χ3v) is 5.61. The van der Waals surface area contributed by atoms with Crippen LogP contribution in [0.5, 0.6) is 11.5 Å². The fourth-order valence-corrected chi connectivity index (χ4v) is 4.56. The average Bonchev–Trinajstić information content (AvgIpc) is 2.67. The Morgan fingerprint density at radius 1 is 1.11 bits per heavy atom. The second-order valence-corrected chi connectivity index (χ2v) is 8.02. The fourth-order valence-electron chi connectivity index (χ4n) is 4.56. The summed E-state index contributed by atoms with van der Waals surface area (Å²) in [6.07, 6.45) is 2.19. The molecule has 1 aliphatic rings. The van der Waals surface area contributed by atoms with Crippen molar-refractivity contribution in [2.24, 2.45) is 5.41 Å². The number of methoxy groups -OCH3 is 2. The van der Waals surface area contributed by atoms with Crippen LogP contribution >= 0.6 is 0 Å². The molecule has 2 aromatic rings. The molecular weight excluding hydrogens is 340 g/mol. The molecule has 0 spiro atoms. The molecule has 1 saturated heterocycles. The predicted octanol–water partition coefficient (Wildman–Crippen LogP) is 2.99. The summed E-state index contributed by atoms with van der Waals surface area (Å²) in [7, 11) is 7.58. The second kappa shape index (κ2) is 8.46. The van der Waals surface area contributed by atoms with Gasteiger partial charge in [0.2, 0.25) is 0 Å². The van der Waals surface area contributed by atoms with Crippen molar-refractivity contribution in [2.75, 3.05) is 54.6 Å². The Hall–Kier alpha value is -1.82. The molecule has 1 atom stereocenters. The third-order valence-electron chi connectivity index (χ3n) is 5.61. The molecule has 1 unspecified atom stereocenters. The van der Waals surface area contributed by atoms with Gasteiger partial charge in [0.25, 0.3) is 0 Å². The minimum atomic E-state index is -0.0475. The molecule has 2 aromatic carbocycles. The zero-order chi connectivity index (χ0) is 19.4. The number of aliphatic hydroxyl groups is 1. The third kappa shape index (κ3) is 4.21. The highest BCUT2D eigenvalue weighted by atomic mass is 16.5. The molecule has 0 aromatic heterocycles. The lowest BCUT2D eigenvalue weighted by Gasteiger charge is -2.43. The summed E-state index contributed by atoms with van der Waals surface area (Å²) in [5.74, 6) is 1.74. The monoisotopic (exact) mass is 372 g/mol. The van der Waals surface area contributed by atoms with Crippen LogP contribution in [0.2, 0.25) is 0 Å². The summed E-state index contributed by atoms with van der Waals surface area (Å²) < 4.78 is 11.2. The molecule has 0 aliphatic carbocycles. The molecule has 0 bridgehead atoms. The molecule has 148 valence electrons. The van der Waals surface area contributed by atoms with Crippen molar-refractivity contribution < 1.29 is 14.6 Å². The van der Waals surface area contributed by atoms with E-state index in [9.17, 15) is 5.11 Å². The molecule has 3 rings (SSSR count). The van der Waals surface area contributed by atoms with Gasteiger partial charge in [-0.3, -0.25) is 4.90 Å². The van der Waals surface area contributed by atoms with Gasteiger partial charge in [-0.25, -0.2) is 0 Å². The molecule has 0 amide bonds. The van der Waals surface area contributed by atoms with Gasteiger partial charge in [-0.2, -0.15) is 0 Å². The van der Waals surface area contributed by atoms with E-state index in [4.69, 9.17) is 9.47 Å². The first-order chi connectivity index (χ1) is 13.0. The average molecular weight is 373 g/mol. The molecule has 1 fully saturated rings. The Morgan fingerprint density at radius 2 is 1.89 bits per heavy atom. The maximum Gasteiger partial charge on any atom is 0.127 e. The van der Waals surface area contributed by atoms with E-state index in [0.29, 0.717) is 0 Å². The molecule has 1 N–H and O–H groups in total. The maximum absolute atomic E-state index is 10.1. The number of rotatable bonds is 7. The van der Waals surface area contributed by atoms with Gasteiger partial charge in [0.15, 0.2) is 0 Å². The summed E-state index contributed by atoms with van der Waals surface area (Å²) in [5, 5.41) is 12.3. The minimum Gasteiger partial charge on any atom is -0.496 e. The fraction of sp³-hybridized carbons (Fsp3) is 0.545. The first-order valence-electron chi connectivity index (χ1n) is 9.62. The molecular formula is C22H32N2O3. The van der Waals surface area contributed by atoms with Crippen molar-refractivity contribution in [1.82, 2.24) is 9.80 Å². The van der Waals surface area contributed by atoms with Gasteiger partial charge in [-0.1, -0.05) is 18.2 Å². The molecule has 5 nitrogen and oxygen atoms in total. The van der Waals surface area contributed by atoms with E-state index >= 15 is 0 Å². The van der Waals surface area contributed by atoms with Crippen LogP contribution in [0, 0.1) is 5.41 Å². The zero-order valence-electron chi connectivity index (χ0n) is 17.0. The molecule has 0 saturated carbocycles. The topological polar surface area (TPSA) is 45.2 Å². The summed E-state index contributed by atoms with van der Waals surface area (Å²) in [6.45, 7) is 3.94. The van der Waals surface area contributed by atoms with Gasteiger partial charge < -0.3 is 19.5 Å². The summed E-state index contributed by atoms with van der Waals surface area (Å²) in [4.78, 5) is 4.66. The number of likely N-dealkylation sites (tertiary alicyclic amines) is 1. The van der Waals surface area contributed by atoms with E-state index < -0.39 is 0 Å². The molecule has 1 aliphatic heterocycles. The standard InChI is InChI=1S/C22H32N2O3/c1-23(2)14-22(16-25)11-6-12-24(15-22)13-17-9-10-19(26-3)18-7-5-8-20(27-4)21(17)18/h5,7-10,25H,6,11-16H2,1-4H3. The largest absolute Gasteiger partial charge is 0.496 e. The van der Waals surface area contributed by atoms with Crippen molar-refractivity contribution in [1.29, 1.82) is 0 Å². The summed E-state index contributed by atoms with van der Waals surface area (Å²) in [5.41, 5.74) is 1.19. The predicted molar refractivity (Wildman–Crippen MR) is 110 cm³/mol. The Labute approximate surface area is 162 Å². The van der Waals surface area contributed by atoms with Gasteiger partial charge >= 0.3 is 0 Å². The summed E-state index contributed by atoms with van der Waals surface area (Å²) >= 11 is 0. The van der Waals surface area contributed by atoms with Crippen LogP contribution in [-0.2, 0) is 6.54 Å². The van der Waals surface area contributed by atoms with Gasteiger partial charge in [0.05, 0.1) is 20.8 Å². The van der Waals surface area contributed by atoms with Crippen LogP contribution in [0.25, 0.3) is 10.8 Å². The van der Waals surface area contributed by atoms with Crippen LogP contribution in [-0.4, -0.2) is 69.5 Å². The van der Waals surface area contributed by atoms with Gasteiger partial charge in [-0.05, 0) is 51.2 Å². The van der Waals surface area contributed by atoms with Crippen LogP contribution in [0.1, 0.15) is 18.4 Å². The highest BCUT2D eigenvalue weighted by molar-refractivity contribution is 5.95. The van der Waals surface area contributed by atoms with Crippen molar-refractivity contribution in [3.8, 4) is 11.5 Å². The van der Waals surface area contributed by atoms with Crippen molar-refractivity contribution >= 4 is 10.8 Å². The maximum atomic E-state index is 10.1. The zero-order valence-corrected chi connectivity index (χ0v) is 17.0. The van der Waals surface area contributed by atoms with E-state index in [1.54, 1.807) is 14.2 Å². The molecule has 0 radical (unpaired) electrons. The normalized spacial score (nSPS) is 21.0. The van der Waals surface area contributed by atoms with Gasteiger partial charge in [-0.15, -0.1) is 0 Å². The molecule has 5 heteroatoms. The lowest BCUT2D eigenvalue weighted by Crippen LogP contribution is -2.49. The Morgan fingerprint density at radius 3 is 2.56 bits per heavy atom. The van der Waals surface area contributed by atoms with Crippen LogP contribution in [0.4, 0.5) is 0 Å². The second-order valence-electron chi connectivity index (χ2n) is 8.02. The SMILES string of the molecule is COc1ccc(CN2CCCC(CO)(CN(C)C)C2)c2c(OC)cccc12. The lowest BCUT2D eigenvalue weighted by atomic mass is 9.80. The van der Waals surface area contributed by atoms with Gasteiger partial charge in [0.1, 0.15) is 11.5 Å². The lowest BCUT2D eigenvalue weighted by molar-refractivity contribution is 0.0107. The highest BCUT2D eigenvalue weighted by Gasteiger charge is 2.35. The Kier molecular flexibility index (Phi) is 6.25. The number of fused-ring (bicyclic) bond motifs is 1. The van der Waals surface area contributed by atoms with Crippen molar-refractivity contribution in [3.63, 3.8) is 0 Å². The van der Waals surface area contributed by atoms with Crippen molar-refractivity contribution in [2.45, 2.75) is 19.4 Å². The number of piperidine rings is 1. The molecule has 27 heavy (non-hydrogen) atoms. The Bertz CT molecular complexity index is 777. The minimum absolute atomic E-state index is 0.0475. The Balaban J connectivity index is 1.92. The van der Waals surface area contributed by atoms with E-state index in [0.717, 1.165) is 61.3 Å². The van der Waals surface area contributed by atoms with Crippen LogP contribution in [0.15, 0.2) is 30.3 Å². The number of hydrogen-bond acceptors (Lipinski definition) is 5. The smallest absolute Gasteiger partial charge is 0.127 e. The number of benzene rings is 2. The first kappa shape index (κ1) is 19.9. The summed E-state index contributed by atoms with van der Waals surface area (Å²) in [6, 6.07) is 10.3. The molecule has 1 heterocycles. The van der Waals surface area contributed by atoms with Crippen LogP contribution < -0.4 is 9.47 Å². The van der Waals surface area contributed by atoms with Crippen LogP contribution in [0.3, 0.4) is 0 Å². The van der Waals surface area contributed by atoms with E-state index in [1.807, 2.05) is 18.2 Å². The quantitative estimate of drug-likeness (QED) is 0.810. The number of aliphatic hydroxyl groups excluding tert-OH is 1. The number of ether oxygens (including phenoxy) is 2. The number of nitrogens with zero attached hydrogens (tertiary/aromatic N) is 2. The number of hydrogen-bond donors (Lipinski definition) is 1. The van der Waals surface area contributed by atoms with E-state index in [-0.39, 0.29) is 12.0 Å². The van der Waals surface area contributed by atoms with Crippen molar-refractivity contribution in [3.05, 3.63) is 35.9 Å². The van der Waals surface area contributed by atoms with E-state index in [1.165, 1.54) is 5.56 Å². The van der Waals surface area contributed by atoms with E-state index in [2.05, 4.69) is 36.0 Å². The highest BCUT2D eigenvalue weighted by Crippen LogP contribution is 2.37.